The van der Waals surface area contributed by atoms with E-state index in [-0.39, 0.29) is 18.3 Å². The van der Waals surface area contributed by atoms with Crippen LogP contribution in [0.4, 0.5) is 5.13 Å². The van der Waals surface area contributed by atoms with Crippen molar-refractivity contribution in [2.75, 3.05) is 25.5 Å². The molecule has 142 valence electrons. The van der Waals surface area contributed by atoms with Crippen molar-refractivity contribution in [3.63, 3.8) is 0 Å². The second-order valence-electron chi connectivity index (χ2n) is 6.32. The topological polar surface area (TPSA) is 63.2 Å². The summed E-state index contributed by atoms with van der Waals surface area (Å²) >= 11 is 1.56. The SMILES string of the molecule is CCc1sc(NC(=O)CCC2CCNC2)nc1-c1ccc(OC)cc1.Cl. The molecule has 0 saturated carbocycles. The number of thiazole rings is 1. The van der Waals surface area contributed by atoms with Crippen molar-refractivity contribution >= 4 is 34.8 Å². The number of amides is 1. The van der Waals surface area contributed by atoms with Crippen LogP contribution in [0.3, 0.4) is 0 Å². The zero-order valence-electron chi connectivity index (χ0n) is 15.2. The number of methoxy groups -OCH3 is 1. The molecular formula is C19H26ClN3O2S. The van der Waals surface area contributed by atoms with Gasteiger partial charge in [-0.15, -0.1) is 23.7 Å². The van der Waals surface area contributed by atoms with Crippen molar-refractivity contribution in [1.29, 1.82) is 0 Å². The summed E-state index contributed by atoms with van der Waals surface area (Å²) in [4.78, 5) is 18.1. The van der Waals surface area contributed by atoms with Gasteiger partial charge in [0.05, 0.1) is 12.8 Å². The molecule has 2 N–H and O–H groups in total. The first-order valence-corrected chi connectivity index (χ1v) is 9.66. The molecule has 1 aromatic heterocycles. The van der Waals surface area contributed by atoms with E-state index in [0.29, 0.717) is 17.5 Å². The minimum Gasteiger partial charge on any atom is -0.497 e. The summed E-state index contributed by atoms with van der Waals surface area (Å²) in [7, 11) is 1.66. The summed E-state index contributed by atoms with van der Waals surface area (Å²) in [5.74, 6) is 1.51. The van der Waals surface area contributed by atoms with Crippen LogP contribution in [-0.2, 0) is 11.2 Å². The monoisotopic (exact) mass is 395 g/mol. The van der Waals surface area contributed by atoms with Crippen LogP contribution in [-0.4, -0.2) is 31.1 Å². The Morgan fingerprint density at radius 2 is 2.15 bits per heavy atom. The van der Waals surface area contributed by atoms with E-state index in [0.717, 1.165) is 42.9 Å². The van der Waals surface area contributed by atoms with E-state index in [1.807, 2.05) is 24.3 Å². The Labute approximate surface area is 165 Å². The second-order valence-corrected chi connectivity index (χ2v) is 7.40. The maximum absolute atomic E-state index is 12.2. The number of ether oxygens (including phenoxy) is 1. The van der Waals surface area contributed by atoms with Gasteiger partial charge in [0.1, 0.15) is 5.75 Å². The van der Waals surface area contributed by atoms with Crippen LogP contribution in [0.5, 0.6) is 5.75 Å². The molecule has 3 rings (SSSR count). The number of carbonyl (C=O) groups is 1. The van der Waals surface area contributed by atoms with Crippen LogP contribution in [0, 0.1) is 5.92 Å². The first-order chi connectivity index (χ1) is 12.2. The molecule has 1 aliphatic heterocycles. The molecule has 1 aliphatic rings. The van der Waals surface area contributed by atoms with Crippen molar-refractivity contribution in [2.24, 2.45) is 5.92 Å². The van der Waals surface area contributed by atoms with Gasteiger partial charge in [-0.25, -0.2) is 4.98 Å². The van der Waals surface area contributed by atoms with Crippen LogP contribution in [0.25, 0.3) is 11.3 Å². The molecule has 1 amide bonds. The lowest BCUT2D eigenvalue weighted by Gasteiger charge is -2.07. The highest BCUT2D eigenvalue weighted by Gasteiger charge is 2.17. The molecular weight excluding hydrogens is 370 g/mol. The number of rotatable bonds is 7. The quantitative estimate of drug-likeness (QED) is 0.739. The summed E-state index contributed by atoms with van der Waals surface area (Å²) in [6.45, 7) is 4.22. The zero-order chi connectivity index (χ0) is 17.6. The lowest BCUT2D eigenvalue weighted by atomic mass is 10.0. The van der Waals surface area contributed by atoms with Gasteiger partial charge in [-0.1, -0.05) is 6.92 Å². The number of halogens is 1. The number of anilines is 1. The lowest BCUT2D eigenvalue weighted by Crippen LogP contribution is -2.14. The Bertz CT molecular complexity index is 712. The molecule has 1 saturated heterocycles. The number of aromatic nitrogens is 1. The van der Waals surface area contributed by atoms with E-state index in [2.05, 4.69) is 22.5 Å². The molecule has 7 heteroatoms. The van der Waals surface area contributed by atoms with Gasteiger partial charge >= 0.3 is 0 Å². The van der Waals surface area contributed by atoms with Crippen molar-refractivity contribution in [2.45, 2.75) is 32.6 Å². The van der Waals surface area contributed by atoms with Crippen LogP contribution >= 0.6 is 23.7 Å². The molecule has 0 aliphatic carbocycles. The Hall–Kier alpha value is -1.63. The summed E-state index contributed by atoms with van der Waals surface area (Å²) in [5.41, 5.74) is 2.00. The first-order valence-electron chi connectivity index (χ1n) is 8.84. The molecule has 1 aromatic carbocycles. The third kappa shape index (κ3) is 5.19. The van der Waals surface area contributed by atoms with E-state index < -0.39 is 0 Å². The molecule has 1 unspecified atom stereocenters. The van der Waals surface area contributed by atoms with Gasteiger partial charge in [-0.3, -0.25) is 4.79 Å². The highest BCUT2D eigenvalue weighted by atomic mass is 35.5. The third-order valence-corrected chi connectivity index (χ3v) is 5.69. The van der Waals surface area contributed by atoms with E-state index >= 15 is 0 Å². The normalized spacial score (nSPS) is 16.2. The Morgan fingerprint density at radius 3 is 2.77 bits per heavy atom. The van der Waals surface area contributed by atoms with Gasteiger partial charge < -0.3 is 15.4 Å². The Balaban J connectivity index is 0.00000243. The van der Waals surface area contributed by atoms with Crippen LogP contribution in [0.15, 0.2) is 24.3 Å². The van der Waals surface area contributed by atoms with Gasteiger partial charge in [0, 0.05) is 16.9 Å². The molecule has 1 fully saturated rings. The number of benzene rings is 1. The van der Waals surface area contributed by atoms with Gasteiger partial charge in [0.2, 0.25) is 5.91 Å². The number of hydrogen-bond acceptors (Lipinski definition) is 5. The van der Waals surface area contributed by atoms with E-state index in [1.165, 1.54) is 11.3 Å². The number of carbonyl (C=O) groups excluding carboxylic acids is 1. The fourth-order valence-electron chi connectivity index (χ4n) is 3.10. The molecule has 2 heterocycles. The maximum atomic E-state index is 12.2. The Kier molecular flexibility index (Phi) is 7.87. The van der Waals surface area contributed by atoms with Crippen molar-refractivity contribution in [3.8, 4) is 17.0 Å². The fourth-order valence-corrected chi connectivity index (χ4v) is 4.04. The highest BCUT2D eigenvalue weighted by molar-refractivity contribution is 7.16. The van der Waals surface area contributed by atoms with Gasteiger partial charge in [0.25, 0.3) is 0 Å². The molecule has 0 radical (unpaired) electrons. The molecule has 2 aromatic rings. The van der Waals surface area contributed by atoms with Gasteiger partial charge in [-0.05, 0) is 62.5 Å². The summed E-state index contributed by atoms with van der Waals surface area (Å²) in [6, 6.07) is 7.88. The lowest BCUT2D eigenvalue weighted by molar-refractivity contribution is -0.116. The standard InChI is InChI=1S/C19H25N3O2S.ClH/c1-3-16-18(14-5-7-15(24-2)8-6-14)22-19(25-16)21-17(23)9-4-13-10-11-20-12-13;/h5-8,13,20H,3-4,9-12H2,1-2H3,(H,21,22,23);1H. The smallest absolute Gasteiger partial charge is 0.226 e. The first kappa shape index (κ1) is 20.7. The molecule has 0 bridgehead atoms. The minimum absolute atomic E-state index is 0. The second kappa shape index (κ2) is 9.90. The molecule has 0 spiro atoms. The maximum Gasteiger partial charge on any atom is 0.226 e. The van der Waals surface area contributed by atoms with Gasteiger partial charge in [-0.2, -0.15) is 0 Å². The van der Waals surface area contributed by atoms with E-state index in [9.17, 15) is 4.79 Å². The predicted molar refractivity (Wildman–Crippen MR) is 110 cm³/mol. The molecule has 26 heavy (non-hydrogen) atoms. The van der Waals surface area contributed by atoms with E-state index in [4.69, 9.17) is 4.74 Å². The Morgan fingerprint density at radius 1 is 1.38 bits per heavy atom. The fraction of sp³-hybridized carbons (Fsp3) is 0.474. The average Bonchev–Trinajstić information content (AvgIpc) is 3.29. The average molecular weight is 396 g/mol. The van der Waals surface area contributed by atoms with Crippen molar-refractivity contribution < 1.29 is 9.53 Å². The van der Waals surface area contributed by atoms with Crippen LogP contribution < -0.4 is 15.4 Å². The predicted octanol–water partition coefficient (Wildman–Crippen LogP) is 4.13. The number of nitrogens with one attached hydrogen (secondary N) is 2. The van der Waals surface area contributed by atoms with Crippen LogP contribution in [0.1, 0.15) is 31.1 Å². The van der Waals surface area contributed by atoms with Crippen LogP contribution in [0.2, 0.25) is 0 Å². The largest absolute Gasteiger partial charge is 0.497 e. The highest BCUT2D eigenvalue weighted by Crippen LogP contribution is 2.32. The molecule has 1 atom stereocenters. The van der Waals surface area contributed by atoms with Gasteiger partial charge in [0.15, 0.2) is 5.13 Å². The number of nitrogens with zero attached hydrogens (tertiary/aromatic N) is 1. The number of aryl methyl sites for hydroxylation is 1. The third-order valence-electron chi connectivity index (χ3n) is 4.57. The van der Waals surface area contributed by atoms with Crippen molar-refractivity contribution in [1.82, 2.24) is 10.3 Å². The van der Waals surface area contributed by atoms with Crippen molar-refractivity contribution in [3.05, 3.63) is 29.1 Å². The summed E-state index contributed by atoms with van der Waals surface area (Å²) in [5, 5.41) is 7.01. The summed E-state index contributed by atoms with van der Waals surface area (Å²) < 4.78 is 5.21. The minimum atomic E-state index is 0. The zero-order valence-corrected chi connectivity index (χ0v) is 16.8. The van der Waals surface area contributed by atoms with E-state index in [1.54, 1.807) is 18.4 Å². The number of hydrogen-bond donors (Lipinski definition) is 2. The summed E-state index contributed by atoms with van der Waals surface area (Å²) in [6.07, 6.45) is 3.57. The molecule has 5 nitrogen and oxygen atoms in total.